The summed E-state index contributed by atoms with van der Waals surface area (Å²) < 4.78 is 0. The van der Waals surface area contributed by atoms with E-state index < -0.39 is 5.97 Å². The molecule has 1 aliphatic heterocycles. The molecule has 4 heteroatoms. The number of allylic oxidation sites excluding steroid dienone is 1. The lowest BCUT2D eigenvalue weighted by atomic mass is 10.2. The van der Waals surface area contributed by atoms with Crippen LogP contribution in [0.5, 0.6) is 0 Å². The lowest BCUT2D eigenvalue weighted by molar-refractivity contribution is -0.136. The van der Waals surface area contributed by atoms with E-state index in [0.29, 0.717) is 11.7 Å². The van der Waals surface area contributed by atoms with E-state index in [-0.39, 0.29) is 6.42 Å². The van der Waals surface area contributed by atoms with Crippen molar-refractivity contribution in [1.82, 2.24) is 0 Å². The van der Waals surface area contributed by atoms with Gasteiger partial charge in [-0.05, 0) is 12.8 Å². The van der Waals surface area contributed by atoms with Gasteiger partial charge in [-0.25, -0.2) is 0 Å². The van der Waals surface area contributed by atoms with Gasteiger partial charge in [0.2, 0.25) is 0 Å². The summed E-state index contributed by atoms with van der Waals surface area (Å²) in [6, 6.07) is 0. The summed E-state index contributed by atoms with van der Waals surface area (Å²) in [4.78, 5) is 10.2. The quantitative estimate of drug-likeness (QED) is 0.564. The van der Waals surface area contributed by atoms with Crippen LogP contribution in [0.15, 0.2) is 12.2 Å². The van der Waals surface area contributed by atoms with Crippen molar-refractivity contribution in [2.24, 2.45) is 0 Å². The number of carboxylic acids is 1. The first-order chi connectivity index (χ1) is 5.79. The van der Waals surface area contributed by atoms with Crippen molar-refractivity contribution in [3.05, 3.63) is 12.2 Å². The number of hydrogen-bond acceptors (Lipinski definition) is 3. The van der Waals surface area contributed by atoms with Gasteiger partial charge in [0.25, 0.3) is 0 Å². The maximum atomic E-state index is 10.2. The van der Waals surface area contributed by atoms with Crippen molar-refractivity contribution >= 4 is 27.6 Å². The minimum absolute atomic E-state index is 0.251. The van der Waals surface area contributed by atoms with Crippen molar-refractivity contribution in [1.29, 1.82) is 0 Å². The van der Waals surface area contributed by atoms with Gasteiger partial charge in [-0.3, -0.25) is 4.79 Å². The van der Waals surface area contributed by atoms with Crippen LogP contribution in [-0.4, -0.2) is 22.1 Å². The summed E-state index contributed by atoms with van der Waals surface area (Å²) in [5.74, 6) is 0.506. The Morgan fingerprint density at radius 2 is 2.50 bits per heavy atom. The van der Waals surface area contributed by atoms with E-state index in [4.69, 9.17) is 5.11 Å². The molecule has 1 saturated heterocycles. The topological polar surface area (TPSA) is 37.3 Å². The molecular formula is C8H12O2S2. The van der Waals surface area contributed by atoms with Crippen molar-refractivity contribution in [2.75, 3.05) is 5.75 Å². The van der Waals surface area contributed by atoms with Crippen LogP contribution in [0.1, 0.15) is 19.3 Å². The second kappa shape index (κ2) is 5.54. The Hall–Kier alpha value is -0.0900. The second-order valence-electron chi connectivity index (χ2n) is 2.61. The molecule has 1 rings (SSSR count). The maximum Gasteiger partial charge on any atom is 0.303 e. The Labute approximate surface area is 80.2 Å². The molecule has 12 heavy (non-hydrogen) atoms. The second-order valence-corrected chi connectivity index (χ2v) is 5.33. The highest BCUT2D eigenvalue weighted by atomic mass is 33.1. The van der Waals surface area contributed by atoms with Gasteiger partial charge in [0.1, 0.15) is 0 Å². The zero-order chi connectivity index (χ0) is 8.81. The first-order valence-electron chi connectivity index (χ1n) is 3.96. The number of carbonyl (C=O) groups is 1. The average molecular weight is 204 g/mol. The van der Waals surface area contributed by atoms with Gasteiger partial charge in [0.15, 0.2) is 0 Å². The monoisotopic (exact) mass is 204 g/mol. The van der Waals surface area contributed by atoms with Crippen LogP contribution in [0.25, 0.3) is 0 Å². The largest absolute Gasteiger partial charge is 0.481 e. The summed E-state index contributed by atoms with van der Waals surface area (Å²) in [5.41, 5.74) is 0. The normalized spacial score (nSPS) is 23.5. The molecule has 0 unspecified atom stereocenters. The van der Waals surface area contributed by atoms with Crippen LogP contribution in [0.3, 0.4) is 0 Å². The van der Waals surface area contributed by atoms with Crippen molar-refractivity contribution in [3.8, 4) is 0 Å². The molecule has 68 valence electrons. The smallest absolute Gasteiger partial charge is 0.303 e. The SMILES string of the molecule is O=C(O)CC/C=C/[C@@H]1CCSS1. The fourth-order valence-corrected chi connectivity index (χ4v) is 3.67. The predicted octanol–water partition coefficient (Wildman–Crippen LogP) is 2.56. The predicted molar refractivity (Wildman–Crippen MR) is 54.5 cm³/mol. The lowest BCUT2D eigenvalue weighted by Gasteiger charge is -1.96. The molecule has 1 aliphatic rings. The Balaban J connectivity index is 2.08. The van der Waals surface area contributed by atoms with Crippen molar-refractivity contribution in [3.63, 3.8) is 0 Å². The third-order valence-corrected chi connectivity index (χ3v) is 4.38. The molecule has 0 aromatic heterocycles. The standard InChI is InChI=1S/C8H12O2S2/c9-8(10)4-2-1-3-7-5-6-11-12-7/h1,3,7H,2,4-6H2,(H,9,10)/b3-1+/t7-/m1/s1. The van der Waals surface area contributed by atoms with Gasteiger partial charge in [-0.2, -0.15) is 0 Å². The number of hydrogen-bond donors (Lipinski definition) is 1. The Kier molecular flexibility index (Phi) is 4.61. The minimum Gasteiger partial charge on any atom is -0.481 e. The summed E-state index contributed by atoms with van der Waals surface area (Å²) in [6.07, 6.45) is 6.25. The van der Waals surface area contributed by atoms with Gasteiger partial charge in [-0.1, -0.05) is 33.7 Å². The van der Waals surface area contributed by atoms with E-state index in [1.54, 1.807) is 0 Å². The van der Waals surface area contributed by atoms with E-state index in [1.165, 1.54) is 12.2 Å². The van der Waals surface area contributed by atoms with Gasteiger partial charge < -0.3 is 5.11 Å². The van der Waals surface area contributed by atoms with Crippen LogP contribution in [-0.2, 0) is 4.79 Å². The maximum absolute atomic E-state index is 10.2. The highest BCUT2D eigenvalue weighted by Gasteiger charge is 2.12. The van der Waals surface area contributed by atoms with E-state index in [2.05, 4.69) is 6.08 Å². The van der Waals surface area contributed by atoms with E-state index in [0.717, 1.165) is 0 Å². The Morgan fingerprint density at radius 1 is 1.67 bits per heavy atom. The van der Waals surface area contributed by atoms with Crippen LogP contribution in [0, 0.1) is 0 Å². The first-order valence-corrected chi connectivity index (χ1v) is 6.34. The summed E-state index contributed by atoms with van der Waals surface area (Å²) in [7, 11) is 3.78. The number of rotatable bonds is 4. The molecule has 1 atom stereocenters. The van der Waals surface area contributed by atoms with Gasteiger partial charge >= 0.3 is 5.97 Å². The van der Waals surface area contributed by atoms with E-state index in [1.807, 2.05) is 27.7 Å². The molecule has 0 aliphatic carbocycles. The number of carboxylic acid groups (broad SMARTS) is 1. The summed E-state index contributed by atoms with van der Waals surface area (Å²) in [6.45, 7) is 0. The molecule has 1 N–H and O–H groups in total. The van der Waals surface area contributed by atoms with E-state index in [9.17, 15) is 4.79 Å². The van der Waals surface area contributed by atoms with Crippen LogP contribution < -0.4 is 0 Å². The molecule has 0 spiro atoms. The highest BCUT2D eigenvalue weighted by molar-refractivity contribution is 8.77. The average Bonchev–Trinajstić information content (AvgIpc) is 2.49. The molecule has 0 aromatic rings. The molecular weight excluding hydrogens is 192 g/mol. The minimum atomic E-state index is -0.715. The summed E-state index contributed by atoms with van der Waals surface area (Å²) >= 11 is 0. The lowest BCUT2D eigenvalue weighted by Crippen LogP contribution is -1.93. The zero-order valence-corrected chi connectivity index (χ0v) is 8.37. The van der Waals surface area contributed by atoms with Crippen LogP contribution in [0.4, 0.5) is 0 Å². The fourth-order valence-electron chi connectivity index (χ4n) is 0.931. The molecule has 0 radical (unpaired) electrons. The van der Waals surface area contributed by atoms with Gasteiger partial charge in [-0.15, -0.1) is 0 Å². The molecule has 0 aromatic carbocycles. The third-order valence-electron chi connectivity index (χ3n) is 1.55. The number of aliphatic carboxylic acids is 1. The summed E-state index contributed by atoms with van der Waals surface area (Å²) in [5, 5.41) is 8.98. The Bertz CT molecular complexity index is 174. The van der Waals surface area contributed by atoms with Gasteiger partial charge in [0.05, 0.1) is 0 Å². The molecule has 1 heterocycles. The fraction of sp³-hybridized carbons (Fsp3) is 0.625. The molecule has 1 fully saturated rings. The highest BCUT2D eigenvalue weighted by Crippen LogP contribution is 2.38. The van der Waals surface area contributed by atoms with Crippen LogP contribution >= 0.6 is 21.6 Å². The van der Waals surface area contributed by atoms with E-state index >= 15 is 0 Å². The molecule has 0 saturated carbocycles. The first kappa shape index (κ1) is 9.99. The van der Waals surface area contributed by atoms with Crippen molar-refractivity contribution < 1.29 is 9.90 Å². The molecule has 0 bridgehead atoms. The van der Waals surface area contributed by atoms with Gasteiger partial charge in [0, 0.05) is 17.4 Å². The molecule has 2 nitrogen and oxygen atoms in total. The van der Waals surface area contributed by atoms with Crippen molar-refractivity contribution in [2.45, 2.75) is 24.5 Å². The Morgan fingerprint density at radius 3 is 3.08 bits per heavy atom. The zero-order valence-electron chi connectivity index (χ0n) is 6.73. The van der Waals surface area contributed by atoms with Crippen LogP contribution in [0.2, 0.25) is 0 Å². The molecule has 0 amide bonds. The third kappa shape index (κ3) is 4.07.